The van der Waals surface area contributed by atoms with Crippen LogP contribution in [0.2, 0.25) is 10.0 Å². The second kappa shape index (κ2) is 9.39. The molecule has 0 aliphatic heterocycles. The van der Waals surface area contributed by atoms with Crippen LogP contribution >= 0.6 is 23.2 Å². The molecule has 1 aromatic heterocycles. The van der Waals surface area contributed by atoms with Gasteiger partial charge in [0.2, 0.25) is 5.88 Å². The molecule has 4 rings (SSSR count). The molecule has 7 heteroatoms. The van der Waals surface area contributed by atoms with Crippen molar-refractivity contribution >= 4 is 34.0 Å². The lowest BCUT2D eigenvalue weighted by atomic mass is 10.2. The van der Waals surface area contributed by atoms with Gasteiger partial charge >= 0.3 is 0 Å². The van der Waals surface area contributed by atoms with Gasteiger partial charge in [0.15, 0.2) is 5.82 Å². The standard InChI is InChI=1S/C23H16Cl2N2O2S/c24-17-6-10-20(11-7-17)29-22-14-19(15-30(28)21-12-8-18(25)9-13-21)26-23(27-22)16-4-2-1-3-5-16/h1-14H,15H2/t30-/m1/s1. The number of benzene rings is 3. The number of halogens is 2. The van der Waals surface area contributed by atoms with Crippen molar-refractivity contribution in [2.24, 2.45) is 0 Å². The Morgan fingerprint density at radius 3 is 2.10 bits per heavy atom. The molecule has 1 atom stereocenters. The summed E-state index contributed by atoms with van der Waals surface area (Å²) in [4.78, 5) is 9.82. The quantitative estimate of drug-likeness (QED) is 0.331. The molecule has 0 N–H and O–H groups in total. The van der Waals surface area contributed by atoms with Crippen molar-refractivity contribution < 1.29 is 8.95 Å². The lowest BCUT2D eigenvalue weighted by molar-refractivity contribution is 0.461. The maximum Gasteiger partial charge on any atom is 0.223 e. The van der Waals surface area contributed by atoms with E-state index in [-0.39, 0.29) is 5.75 Å². The predicted octanol–water partition coefficient (Wildman–Crippen LogP) is 6.55. The minimum absolute atomic E-state index is 0.223. The maximum atomic E-state index is 12.8. The van der Waals surface area contributed by atoms with E-state index in [2.05, 4.69) is 9.97 Å². The molecule has 0 aliphatic rings. The van der Waals surface area contributed by atoms with Gasteiger partial charge < -0.3 is 4.74 Å². The first-order chi connectivity index (χ1) is 14.6. The zero-order chi connectivity index (χ0) is 20.9. The zero-order valence-electron chi connectivity index (χ0n) is 15.7. The number of ether oxygens (including phenoxy) is 1. The molecule has 1 heterocycles. The van der Waals surface area contributed by atoms with Crippen LogP contribution in [0.1, 0.15) is 5.69 Å². The van der Waals surface area contributed by atoms with E-state index in [1.807, 2.05) is 30.3 Å². The molecule has 150 valence electrons. The van der Waals surface area contributed by atoms with E-state index in [1.165, 1.54) is 0 Å². The first-order valence-corrected chi connectivity index (χ1v) is 11.1. The Labute approximate surface area is 187 Å². The van der Waals surface area contributed by atoms with E-state index in [9.17, 15) is 4.21 Å². The minimum Gasteiger partial charge on any atom is -0.439 e. The first kappa shape index (κ1) is 20.5. The molecule has 4 aromatic rings. The van der Waals surface area contributed by atoms with Crippen molar-refractivity contribution in [1.29, 1.82) is 0 Å². The van der Waals surface area contributed by atoms with Gasteiger partial charge in [-0.05, 0) is 48.5 Å². The van der Waals surface area contributed by atoms with Gasteiger partial charge in [0.1, 0.15) is 5.75 Å². The summed E-state index contributed by atoms with van der Waals surface area (Å²) >= 11 is 11.9. The monoisotopic (exact) mass is 454 g/mol. The highest BCUT2D eigenvalue weighted by Crippen LogP contribution is 2.26. The minimum atomic E-state index is -1.29. The predicted molar refractivity (Wildman–Crippen MR) is 121 cm³/mol. The maximum absolute atomic E-state index is 12.8. The molecule has 0 spiro atoms. The molecule has 30 heavy (non-hydrogen) atoms. The summed E-state index contributed by atoms with van der Waals surface area (Å²) in [5.74, 6) is 1.70. The van der Waals surface area contributed by atoms with Crippen molar-refractivity contribution in [2.75, 3.05) is 0 Å². The third kappa shape index (κ3) is 5.25. The molecule has 0 radical (unpaired) electrons. The first-order valence-electron chi connectivity index (χ1n) is 9.07. The third-order valence-corrected chi connectivity index (χ3v) is 6.04. The Morgan fingerprint density at radius 1 is 0.800 bits per heavy atom. The van der Waals surface area contributed by atoms with Crippen molar-refractivity contribution in [1.82, 2.24) is 9.97 Å². The van der Waals surface area contributed by atoms with Crippen molar-refractivity contribution in [3.05, 3.63) is 101 Å². The second-order valence-electron chi connectivity index (χ2n) is 6.39. The summed E-state index contributed by atoms with van der Waals surface area (Å²) in [5, 5.41) is 1.22. The average molecular weight is 455 g/mol. The van der Waals surface area contributed by atoms with Gasteiger partial charge in [-0.1, -0.05) is 53.5 Å². The fourth-order valence-electron chi connectivity index (χ4n) is 2.74. The Balaban J connectivity index is 1.67. The summed E-state index contributed by atoms with van der Waals surface area (Å²) in [5.41, 5.74) is 1.46. The number of hydrogen-bond donors (Lipinski definition) is 0. The largest absolute Gasteiger partial charge is 0.439 e. The summed E-state index contributed by atoms with van der Waals surface area (Å²) in [6, 6.07) is 25.2. The van der Waals surface area contributed by atoms with Gasteiger partial charge in [0.05, 0.1) is 22.2 Å². The molecular weight excluding hydrogens is 439 g/mol. The molecule has 0 bridgehead atoms. The van der Waals surface area contributed by atoms with Crippen LogP contribution in [0.3, 0.4) is 0 Å². The number of rotatable bonds is 6. The Morgan fingerprint density at radius 2 is 1.43 bits per heavy atom. The highest BCUT2D eigenvalue weighted by molar-refractivity contribution is 7.84. The zero-order valence-corrected chi connectivity index (χ0v) is 18.0. The second-order valence-corrected chi connectivity index (χ2v) is 8.71. The van der Waals surface area contributed by atoms with Gasteiger partial charge in [0, 0.05) is 26.6 Å². The topological polar surface area (TPSA) is 52.1 Å². The van der Waals surface area contributed by atoms with Crippen LogP contribution in [0.15, 0.2) is 89.8 Å². The van der Waals surface area contributed by atoms with Gasteiger partial charge in [-0.25, -0.2) is 4.98 Å². The number of hydrogen-bond acceptors (Lipinski definition) is 4. The van der Waals surface area contributed by atoms with Crippen LogP contribution in [0.5, 0.6) is 11.6 Å². The van der Waals surface area contributed by atoms with Crippen molar-refractivity contribution in [2.45, 2.75) is 10.6 Å². The van der Waals surface area contributed by atoms with Crippen LogP contribution in [-0.4, -0.2) is 14.2 Å². The van der Waals surface area contributed by atoms with Gasteiger partial charge in [0.25, 0.3) is 0 Å². The molecule has 0 unspecified atom stereocenters. The normalized spacial score (nSPS) is 11.8. The fourth-order valence-corrected chi connectivity index (χ4v) is 4.02. The van der Waals surface area contributed by atoms with Crippen LogP contribution in [0.25, 0.3) is 11.4 Å². The Hall–Kier alpha value is -2.73. The van der Waals surface area contributed by atoms with E-state index in [1.54, 1.807) is 54.6 Å². The molecule has 0 fully saturated rings. The van der Waals surface area contributed by atoms with E-state index >= 15 is 0 Å². The van der Waals surface area contributed by atoms with Gasteiger partial charge in [-0.2, -0.15) is 4.98 Å². The van der Waals surface area contributed by atoms with Crippen LogP contribution < -0.4 is 4.74 Å². The summed E-state index contributed by atoms with van der Waals surface area (Å²) in [6.45, 7) is 0. The Bertz CT molecular complexity index is 1170. The van der Waals surface area contributed by atoms with Crippen molar-refractivity contribution in [3.63, 3.8) is 0 Å². The van der Waals surface area contributed by atoms with Crippen molar-refractivity contribution in [3.8, 4) is 23.0 Å². The van der Waals surface area contributed by atoms with E-state index in [4.69, 9.17) is 27.9 Å². The van der Waals surface area contributed by atoms with E-state index in [0.29, 0.717) is 38.1 Å². The summed E-state index contributed by atoms with van der Waals surface area (Å²) < 4.78 is 18.7. The molecule has 0 amide bonds. The summed E-state index contributed by atoms with van der Waals surface area (Å²) in [7, 11) is -1.29. The molecule has 0 saturated heterocycles. The number of aromatic nitrogens is 2. The Kier molecular flexibility index (Phi) is 6.43. The van der Waals surface area contributed by atoms with Gasteiger partial charge in [-0.3, -0.25) is 4.21 Å². The SMILES string of the molecule is O=[S@](Cc1cc(Oc2ccc(Cl)cc2)nc(-c2ccccc2)n1)c1ccc(Cl)cc1. The molecule has 0 saturated carbocycles. The average Bonchev–Trinajstić information content (AvgIpc) is 2.76. The van der Waals surface area contributed by atoms with Crippen LogP contribution in [0.4, 0.5) is 0 Å². The number of nitrogens with zero attached hydrogens (tertiary/aromatic N) is 2. The highest BCUT2D eigenvalue weighted by Gasteiger charge is 2.13. The fraction of sp³-hybridized carbons (Fsp3) is 0.0435. The lowest BCUT2D eigenvalue weighted by Gasteiger charge is -2.10. The van der Waals surface area contributed by atoms with E-state index < -0.39 is 10.8 Å². The molecule has 0 aliphatic carbocycles. The molecule has 3 aromatic carbocycles. The van der Waals surface area contributed by atoms with Gasteiger partial charge in [-0.15, -0.1) is 0 Å². The highest BCUT2D eigenvalue weighted by atomic mass is 35.5. The smallest absolute Gasteiger partial charge is 0.223 e. The van der Waals surface area contributed by atoms with Crippen LogP contribution in [0, 0.1) is 0 Å². The lowest BCUT2D eigenvalue weighted by Crippen LogP contribution is -2.03. The van der Waals surface area contributed by atoms with E-state index in [0.717, 1.165) is 5.56 Å². The third-order valence-electron chi connectivity index (χ3n) is 4.18. The van der Waals surface area contributed by atoms with Crippen LogP contribution in [-0.2, 0) is 16.6 Å². The molecular formula is C23H16Cl2N2O2S. The summed E-state index contributed by atoms with van der Waals surface area (Å²) in [6.07, 6.45) is 0. The molecule has 4 nitrogen and oxygen atoms in total.